The number of nitrogens with one attached hydrogen (secondary N) is 21. The third kappa shape index (κ3) is 35.1. The zero-order valence-electron chi connectivity index (χ0n) is 80.3. The van der Waals surface area contributed by atoms with Crippen molar-refractivity contribution in [2.75, 3.05) is 60.0 Å². The van der Waals surface area contributed by atoms with Crippen molar-refractivity contribution in [2.24, 2.45) is 52.0 Å². The number of H-pyrrole nitrogens is 1. The lowest BCUT2D eigenvalue weighted by molar-refractivity contribution is -0.136. The number of carbonyl (C=O) groups is 12. The molecule has 0 saturated carbocycles. The van der Waals surface area contributed by atoms with E-state index in [9.17, 15) is 5.11 Å². The van der Waals surface area contributed by atoms with E-state index in [2.05, 4.69) is 90.1 Å². The minimum absolute atomic E-state index is 0.000841. The number of phenols is 1. The summed E-state index contributed by atoms with van der Waals surface area (Å²) in [7, 11) is 2.82. The first kappa shape index (κ1) is 111. The van der Waals surface area contributed by atoms with Crippen molar-refractivity contribution in [3.05, 3.63) is 112 Å². The number of hydrogen-bond donors (Lipinski definition) is 29. The Morgan fingerprint density at radius 2 is 0.739 bits per heavy atom. The van der Waals surface area contributed by atoms with Crippen LogP contribution >= 0.6 is 0 Å². The van der Waals surface area contributed by atoms with Gasteiger partial charge < -0.3 is 150 Å². The van der Waals surface area contributed by atoms with Crippen molar-refractivity contribution in [3.8, 4) is 28.7 Å². The van der Waals surface area contributed by atoms with Gasteiger partial charge in [0, 0.05) is 78.2 Å². The maximum absolute atomic E-state index is 15.7. The summed E-state index contributed by atoms with van der Waals surface area (Å²) < 4.78 is 19.0. The molecule has 0 fully saturated rings. The van der Waals surface area contributed by atoms with Gasteiger partial charge in [0.2, 0.25) is 70.9 Å². The fourth-order valence-corrected chi connectivity index (χ4v) is 16.5. The van der Waals surface area contributed by atoms with Crippen LogP contribution in [-0.2, 0) is 88.8 Å². The zero-order chi connectivity index (χ0) is 101. The molecule has 4 aromatic carbocycles. The quantitative estimate of drug-likeness (QED) is 0.0139. The van der Waals surface area contributed by atoms with Crippen LogP contribution in [-0.4, -0.2) is 231 Å². The average Bonchev–Trinajstić information content (AvgIpc) is 0.754. The summed E-state index contributed by atoms with van der Waals surface area (Å²) in [5.74, 6) is -11.6. The highest BCUT2D eigenvalue weighted by Crippen LogP contribution is 2.53. The van der Waals surface area contributed by atoms with Crippen molar-refractivity contribution in [3.63, 3.8) is 0 Å². The molecule has 0 unspecified atom stereocenters. The van der Waals surface area contributed by atoms with Crippen LogP contribution < -0.4 is 139 Å². The number of para-hydroxylation sites is 1. The molecule has 5 aromatic rings. The zero-order valence-corrected chi connectivity index (χ0v) is 80.3. The Balaban J connectivity index is 1.41. The molecule has 2 bridgehead atoms. The topological polar surface area (TPSA) is 739 Å². The molecule has 2 aliphatic rings. The van der Waals surface area contributed by atoms with E-state index in [4.69, 9.17) is 76.0 Å². The van der Waals surface area contributed by atoms with Gasteiger partial charge in [-0.05, 0) is 195 Å². The molecule has 11 atom stereocenters. The Bertz CT molecular complexity index is 4990. The number of amides is 12. The Labute approximate surface area is 804 Å². The van der Waals surface area contributed by atoms with E-state index >= 15 is 57.5 Å². The number of guanidine groups is 4. The van der Waals surface area contributed by atoms with E-state index < -0.39 is 161 Å². The Hall–Kier alpha value is -13.8. The van der Waals surface area contributed by atoms with Crippen LogP contribution in [0.15, 0.2) is 79.0 Å². The molecule has 2 aliphatic heterocycles. The lowest BCUT2D eigenvalue weighted by Crippen LogP contribution is -2.61. The number of carbonyl (C=O) groups excluding carboxylic acids is 12. The summed E-state index contributed by atoms with van der Waals surface area (Å²) in [6.45, 7) is 11.4. The van der Waals surface area contributed by atoms with E-state index in [1.54, 1.807) is 68.6 Å². The van der Waals surface area contributed by atoms with Gasteiger partial charge in [-0.25, -0.2) is 0 Å². The second-order valence-corrected chi connectivity index (χ2v) is 36.1. The molecule has 758 valence electrons. The van der Waals surface area contributed by atoms with Gasteiger partial charge in [0.05, 0.1) is 32.7 Å². The molecule has 138 heavy (non-hydrogen) atoms. The fraction of sp³-hybridized carbons (Fsp3) is 0.553. The lowest BCUT2D eigenvalue weighted by Gasteiger charge is -2.37. The number of benzene rings is 4. The van der Waals surface area contributed by atoms with Gasteiger partial charge >= 0.3 is 0 Å². The van der Waals surface area contributed by atoms with Crippen molar-refractivity contribution >= 4 is 106 Å². The predicted molar refractivity (Wildman–Crippen MR) is 523 cm³/mol. The molecule has 0 radical (unpaired) electrons. The summed E-state index contributed by atoms with van der Waals surface area (Å²) >= 11 is 0. The minimum atomic E-state index is -1.59. The first-order valence-corrected chi connectivity index (χ1v) is 47.2. The van der Waals surface area contributed by atoms with Gasteiger partial charge in [-0.3, -0.25) is 79.2 Å². The summed E-state index contributed by atoms with van der Waals surface area (Å²) in [4.78, 5) is 187. The van der Waals surface area contributed by atoms with Gasteiger partial charge in [0.25, 0.3) is 0 Å². The number of nitrogens with two attached hydrogens (primary N) is 7. The monoisotopic (exact) mass is 1920 g/mol. The van der Waals surface area contributed by atoms with Crippen LogP contribution in [0, 0.1) is 33.5 Å². The van der Waals surface area contributed by atoms with E-state index in [-0.39, 0.29) is 226 Å². The molecule has 0 saturated heterocycles. The maximum atomic E-state index is 15.7. The predicted octanol–water partition coefficient (Wildman–Crippen LogP) is -0.155. The van der Waals surface area contributed by atoms with Gasteiger partial charge in [0.1, 0.15) is 95.2 Å². The van der Waals surface area contributed by atoms with Gasteiger partial charge in [-0.15, -0.1) is 0 Å². The lowest BCUT2D eigenvalue weighted by atomic mass is 9.74. The van der Waals surface area contributed by atoms with Gasteiger partial charge in [-0.2, -0.15) is 0 Å². The summed E-state index contributed by atoms with van der Waals surface area (Å²) in [5, 5.41) is 87.6. The van der Waals surface area contributed by atoms with E-state index in [1.165, 1.54) is 38.5 Å². The van der Waals surface area contributed by atoms with Crippen molar-refractivity contribution in [1.82, 2.24) is 90.1 Å². The van der Waals surface area contributed by atoms with Gasteiger partial charge in [-0.1, -0.05) is 84.0 Å². The van der Waals surface area contributed by atoms with Crippen LogP contribution in [0.1, 0.15) is 197 Å². The number of aromatic nitrogens is 1. The number of aromatic amines is 1. The van der Waals surface area contributed by atoms with Crippen molar-refractivity contribution in [1.29, 1.82) is 21.6 Å². The normalized spacial score (nSPS) is 21.0. The number of rotatable bonds is 38. The molecule has 1 aromatic heterocycles. The van der Waals surface area contributed by atoms with Crippen molar-refractivity contribution < 1.29 is 76.9 Å². The Morgan fingerprint density at radius 3 is 1.12 bits per heavy atom. The third-order valence-electron chi connectivity index (χ3n) is 23.9. The summed E-state index contributed by atoms with van der Waals surface area (Å²) in [5.41, 5.74) is 43.3. The first-order valence-electron chi connectivity index (χ1n) is 47.2. The molecule has 44 nitrogen and oxygen atoms in total. The molecule has 12 amide bonds. The second-order valence-electron chi connectivity index (χ2n) is 36.1. The van der Waals surface area contributed by atoms with Crippen LogP contribution in [0.3, 0.4) is 0 Å². The molecular weight excluding hydrogens is 1780 g/mol. The number of aromatic hydroxyl groups is 1. The molecule has 7 rings (SSSR count). The maximum Gasteiger partial charge on any atom is 0.243 e. The number of methoxy groups -OCH3 is 2. The van der Waals surface area contributed by atoms with E-state index in [1.807, 2.05) is 27.7 Å². The van der Waals surface area contributed by atoms with Crippen LogP contribution in [0.5, 0.6) is 28.7 Å². The fourth-order valence-electron chi connectivity index (χ4n) is 16.5. The van der Waals surface area contributed by atoms with E-state index in [0.717, 1.165) is 0 Å². The molecule has 3 heterocycles. The van der Waals surface area contributed by atoms with E-state index in [0.29, 0.717) is 58.0 Å². The molecule has 0 aliphatic carbocycles. The first-order chi connectivity index (χ1) is 65.8. The number of ether oxygens (including phenoxy) is 3. The molecule has 0 spiro atoms. The Morgan fingerprint density at radius 1 is 0.413 bits per heavy atom. The summed E-state index contributed by atoms with van der Waals surface area (Å²) in [6, 6.07) is 3.70. The third-order valence-corrected chi connectivity index (χ3v) is 23.9. The van der Waals surface area contributed by atoms with Gasteiger partial charge in [0.15, 0.2) is 23.8 Å². The smallest absolute Gasteiger partial charge is 0.243 e. The largest absolute Gasteiger partial charge is 0.508 e. The highest BCUT2D eigenvalue weighted by Gasteiger charge is 2.42. The van der Waals surface area contributed by atoms with Crippen LogP contribution in [0.25, 0.3) is 10.9 Å². The highest BCUT2D eigenvalue weighted by atomic mass is 16.5. The van der Waals surface area contributed by atoms with Crippen LogP contribution in [0.4, 0.5) is 0 Å². The standard InChI is InChI=1S/C94H146N28O16/c1-52(2)45-70-86(132)119-69(29-20-44-109-93(104)105)84(130)120-71(46-53(3)4)87(133)117-65(24-12-15-39-96)81(127)114-64(23-11-14-38-95)80(126)115-67(27-18-42-107-91(100)101)82(128)116-68(28-19-43-108-92(102)103)85(131)122-73(48-55-50-110-62-22-10-9-21-57(55)62)89(135)118-66(25-13-16-40-97)83(129)121-72(47-54-30-32-56(123)33-31-54)88(134)113-63(26-17-41-106-90(98)99)79(125)111-51-59-75(137-8)37-35-61-78(59)138-77-58(49-76(124)112-70)74(136-7)36-34-60(77)94(61,5)6/h9-10,21-22,30-37,50,52-53,63-73,110,123H,11-20,23-29,38-49,51,95-97H2,1-8H3,(H,111,125)(H,112,124)(H,113,134)(H,114,127)(H,115,126)(H,116,128)(H,117,133)(H,118,135)(H,119,132)(H,120,130)(H,121,129)(H,122,131)(H4,98,99,106)(H4,100,101,107)(H4,102,103,108)(H4,104,105,109)/t63-,64-,65-,66-,67-,68-,69-,70-,71-,72-,73-/m0/s1. The molecule has 44 heteroatoms. The number of phenolic OH excluding ortho intramolecular Hbond substituents is 1. The minimum Gasteiger partial charge on any atom is -0.508 e. The van der Waals surface area contributed by atoms with Crippen LogP contribution in [0.2, 0.25) is 0 Å². The Kier molecular flexibility index (Phi) is 45.2. The summed E-state index contributed by atoms with van der Waals surface area (Å²) in [6.07, 6.45) is 1.98. The average molecular weight is 1920 g/mol. The molecule has 36 N–H and O–H groups in total. The molecular formula is C94H146N28O16. The number of unbranched alkanes of at least 4 members (excludes halogenated alkanes) is 3. The van der Waals surface area contributed by atoms with Crippen molar-refractivity contribution in [2.45, 2.75) is 261 Å². The number of hydrogen-bond acceptors (Lipinski definition) is 23. The highest BCUT2D eigenvalue weighted by molar-refractivity contribution is 6.00. The SMILES string of the molecule is COc1ccc2c3c1CNC(=O)[C@H](CCCNC(=N)N)NC(=O)[C@H](Cc1ccc(O)cc1)NC(=O)[C@H](CCCCN)NC(=O)[C@H](Cc1c[nH]c4ccccc14)NC(=O)[C@H](CCCNC(=N)N)NC(=O)[C@H](CCCNC(=N)N)NC(=O)[C@H](CCCCN)NC(=O)[C@H](CCCCN)NC(=O)[C@H](CC(C)C)NC(=O)[C@H](CCCNC(=N)N)NC(=O)[C@H](CC(C)C)NC(=O)Cc1c(OC)ccc(c1O3)C2(C)C. The number of fused-ring (bicyclic) bond motifs is 1. The second kappa shape index (κ2) is 56.0.